The van der Waals surface area contributed by atoms with Gasteiger partial charge in [0, 0.05) is 39.6 Å². The first-order chi connectivity index (χ1) is 18.3. The maximum Gasteiger partial charge on any atom is 0.319 e. The number of benzene rings is 3. The molecule has 1 unspecified atom stereocenters. The summed E-state index contributed by atoms with van der Waals surface area (Å²) in [5.74, 6) is 0.153. The molecule has 4 N–H and O–H groups in total. The second-order valence-corrected chi connectivity index (χ2v) is 9.48. The number of likely N-dealkylation sites (N-methyl/N-ethyl adjacent to an activating group) is 1. The number of amides is 2. The first-order valence-electron chi connectivity index (χ1n) is 11.7. The van der Waals surface area contributed by atoms with Crippen LogP contribution in [-0.4, -0.2) is 30.9 Å². The minimum atomic E-state index is -1.25. The second kappa shape index (κ2) is 11.5. The summed E-state index contributed by atoms with van der Waals surface area (Å²) in [4.78, 5) is 26.0. The van der Waals surface area contributed by atoms with E-state index < -0.39 is 11.6 Å². The molecule has 0 radical (unpaired) electrons. The van der Waals surface area contributed by atoms with Crippen LogP contribution in [0.25, 0.3) is 5.76 Å². The van der Waals surface area contributed by atoms with E-state index in [9.17, 15) is 9.59 Å². The summed E-state index contributed by atoms with van der Waals surface area (Å²) in [5, 5.41) is 21.7. The van der Waals surface area contributed by atoms with Crippen LogP contribution in [0.5, 0.6) is 0 Å². The number of urea groups is 1. The van der Waals surface area contributed by atoms with Crippen molar-refractivity contribution in [2.45, 2.75) is 19.1 Å². The summed E-state index contributed by atoms with van der Waals surface area (Å²) in [6.45, 7) is 1.53. The number of Topliss-reactive ketones (excluding diaryl/α,β-unsaturated/α-hetero) is 1. The molecule has 1 atom stereocenters. The molecular weight excluding hydrogens is 525 g/mol. The van der Waals surface area contributed by atoms with Crippen molar-refractivity contribution in [3.63, 3.8) is 0 Å². The van der Waals surface area contributed by atoms with Crippen molar-refractivity contribution in [1.82, 2.24) is 10.6 Å². The van der Waals surface area contributed by atoms with Gasteiger partial charge in [-0.2, -0.15) is 5.26 Å². The number of para-hydroxylation sites is 1. The van der Waals surface area contributed by atoms with E-state index >= 15 is 0 Å². The quantitative estimate of drug-likeness (QED) is 0.293. The second-order valence-electron chi connectivity index (χ2n) is 8.66. The molecule has 10 heteroatoms. The van der Waals surface area contributed by atoms with Gasteiger partial charge in [0.1, 0.15) is 12.1 Å². The Hall–Kier alpha value is -4.19. The highest BCUT2D eigenvalue weighted by molar-refractivity contribution is 6.35. The highest BCUT2D eigenvalue weighted by Crippen LogP contribution is 2.40. The highest BCUT2D eigenvalue weighted by Gasteiger charge is 2.43. The molecule has 194 valence electrons. The van der Waals surface area contributed by atoms with E-state index in [1.165, 1.54) is 0 Å². The summed E-state index contributed by atoms with van der Waals surface area (Å²) >= 11 is 12.7. The van der Waals surface area contributed by atoms with Crippen molar-refractivity contribution in [3.8, 4) is 6.07 Å². The molecule has 3 aromatic rings. The van der Waals surface area contributed by atoms with Gasteiger partial charge in [-0.1, -0.05) is 47.5 Å². The van der Waals surface area contributed by atoms with Crippen LogP contribution in [0.4, 0.5) is 16.2 Å². The Morgan fingerprint density at radius 2 is 1.76 bits per heavy atom. The molecule has 0 bridgehead atoms. The summed E-state index contributed by atoms with van der Waals surface area (Å²) < 4.78 is 6.26. The van der Waals surface area contributed by atoms with E-state index in [0.717, 1.165) is 5.56 Å². The Labute approximate surface area is 230 Å². The van der Waals surface area contributed by atoms with E-state index in [0.29, 0.717) is 44.0 Å². The van der Waals surface area contributed by atoms with Gasteiger partial charge >= 0.3 is 6.03 Å². The molecule has 0 aromatic heterocycles. The number of hydrogen-bond donors (Lipinski definition) is 4. The summed E-state index contributed by atoms with van der Waals surface area (Å²) in [7, 11) is 1.70. The predicted molar refractivity (Wildman–Crippen MR) is 149 cm³/mol. The number of anilines is 2. The number of halogens is 2. The smallest absolute Gasteiger partial charge is 0.319 e. The van der Waals surface area contributed by atoms with Crippen LogP contribution >= 0.6 is 23.2 Å². The van der Waals surface area contributed by atoms with Crippen LogP contribution in [0.15, 0.2) is 72.4 Å². The third-order valence-electron chi connectivity index (χ3n) is 6.17. The monoisotopic (exact) mass is 549 g/mol. The van der Waals surface area contributed by atoms with Gasteiger partial charge < -0.3 is 26.0 Å². The zero-order valence-corrected chi connectivity index (χ0v) is 22.2. The molecule has 0 saturated carbocycles. The van der Waals surface area contributed by atoms with E-state index in [-0.39, 0.29) is 18.9 Å². The molecule has 3 aromatic carbocycles. The maximum absolute atomic E-state index is 13.6. The molecule has 0 saturated heterocycles. The van der Waals surface area contributed by atoms with Gasteiger partial charge in [-0.05, 0) is 49.4 Å². The van der Waals surface area contributed by atoms with Crippen molar-refractivity contribution in [2.75, 3.05) is 24.2 Å². The fourth-order valence-corrected chi connectivity index (χ4v) is 4.71. The summed E-state index contributed by atoms with van der Waals surface area (Å²) in [5.41, 5.74) is 2.17. The number of nitrogens with zero attached hydrogens (tertiary/aromatic N) is 1. The third kappa shape index (κ3) is 5.54. The molecule has 0 aliphatic carbocycles. The van der Waals surface area contributed by atoms with Gasteiger partial charge in [0.2, 0.25) is 0 Å². The number of nitrogens with one attached hydrogen (secondary N) is 4. The number of nitriles is 1. The zero-order valence-electron chi connectivity index (χ0n) is 20.7. The molecule has 0 spiro atoms. The molecule has 8 nitrogen and oxygen atoms in total. The topological polar surface area (TPSA) is 115 Å². The van der Waals surface area contributed by atoms with Crippen molar-refractivity contribution >= 4 is 52.2 Å². The largest absolute Gasteiger partial charge is 0.486 e. The maximum atomic E-state index is 13.6. The number of hydrogen-bond acceptors (Lipinski definition) is 6. The Morgan fingerprint density at radius 1 is 1.05 bits per heavy atom. The number of fused-ring (bicyclic) bond motifs is 1. The lowest BCUT2D eigenvalue weighted by atomic mass is 9.85. The zero-order chi connectivity index (χ0) is 27.3. The normalized spacial score (nSPS) is 16.0. The van der Waals surface area contributed by atoms with Crippen LogP contribution in [0.1, 0.15) is 23.6 Å². The molecule has 4 rings (SSSR count). The Kier molecular flexibility index (Phi) is 8.10. The van der Waals surface area contributed by atoms with Crippen molar-refractivity contribution in [3.05, 3.63) is 99.2 Å². The Morgan fingerprint density at radius 3 is 2.47 bits per heavy atom. The average Bonchev–Trinajstić information content (AvgIpc) is 2.91. The van der Waals surface area contributed by atoms with Crippen LogP contribution < -0.4 is 21.3 Å². The molecular formula is C28H25Cl2N5O3. The predicted octanol–water partition coefficient (Wildman–Crippen LogP) is 5.54. The summed E-state index contributed by atoms with van der Waals surface area (Å²) in [6, 6.07) is 20.6. The molecule has 1 aliphatic heterocycles. The summed E-state index contributed by atoms with van der Waals surface area (Å²) in [6.07, 6.45) is 0. The van der Waals surface area contributed by atoms with Crippen molar-refractivity contribution in [2.24, 2.45) is 0 Å². The standard InChI is InChI=1S/C28H25Cl2N5O3/c1-28(24(36)15-33-27(37)34-18-8-5-7-17(13-18)14-31)26(32-2)25(19-9-3-4-12-23(19)35-28)38-16-20-21(29)10-6-11-22(20)30/h3-13,32,35H,15-16H2,1-2H3,(H2,33,34,37). The van der Waals surface area contributed by atoms with E-state index in [1.807, 2.05) is 30.3 Å². The number of rotatable bonds is 8. The number of ether oxygens (including phenoxy) is 1. The molecule has 1 aliphatic rings. The van der Waals surface area contributed by atoms with Gasteiger partial charge in [0.15, 0.2) is 11.5 Å². The van der Waals surface area contributed by atoms with E-state index in [1.54, 1.807) is 56.4 Å². The lowest BCUT2D eigenvalue weighted by Crippen LogP contribution is -2.54. The highest BCUT2D eigenvalue weighted by atomic mass is 35.5. The van der Waals surface area contributed by atoms with Crippen LogP contribution in [0.2, 0.25) is 10.0 Å². The first kappa shape index (κ1) is 26.9. The molecule has 0 fully saturated rings. The Balaban J connectivity index is 1.57. The minimum absolute atomic E-state index is 0.0834. The van der Waals surface area contributed by atoms with Gasteiger partial charge in [0.05, 0.1) is 23.9 Å². The van der Waals surface area contributed by atoms with E-state index in [2.05, 4.69) is 21.3 Å². The lowest BCUT2D eigenvalue weighted by Gasteiger charge is -2.39. The average molecular weight is 550 g/mol. The fourth-order valence-electron chi connectivity index (χ4n) is 4.20. The number of ketones is 1. The number of carbonyl (C=O) groups is 2. The van der Waals surface area contributed by atoms with Crippen LogP contribution in [0.3, 0.4) is 0 Å². The molecule has 38 heavy (non-hydrogen) atoms. The van der Waals surface area contributed by atoms with E-state index in [4.69, 9.17) is 33.2 Å². The fraction of sp³-hybridized carbons (Fsp3) is 0.179. The Bertz CT molecular complexity index is 1450. The molecule has 2 amide bonds. The third-order valence-corrected chi connectivity index (χ3v) is 6.88. The van der Waals surface area contributed by atoms with Gasteiger partial charge in [0.25, 0.3) is 0 Å². The van der Waals surface area contributed by atoms with Gasteiger partial charge in [-0.15, -0.1) is 0 Å². The lowest BCUT2D eigenvalue weighted by molar-refractivity contribution is -0.121. The van der Waals surface area contributed by atoms with Crippen LogP contribution in [-0.2, 0) is 16.1 Å². The molecule has 1 heterocycles. The minimum Gasteiger partial charge on any atom is -0.486 e. The van der Waals surface area contributed by atoms with Gasteiger partial charge in [-0.3, -0.25) is 4.79 Å². The number of carbonyl (C=O) groups excluding carboxylic acids is 2. The van der Waals surface area contributed by atoms with Crippen molar-refractivity contribution in [1.29, 1.82) is 5.26 Å². The van der Waals surface area contributed by atoms with Crippen molar-refractivity contribution < 1.29 is 14.3 Å². The SMILES string of the molecule is CNC1=C(OCc2c(Cl)cccc2Cl)c2ccccc2NC1(C)C(=O)CNC(=O)Nc1cccc(C#N)c1. The van der Waals surface area contributed by atoms with Crippen LogP contribution in [0, 0.1) is 11.3 Å². The van der Waals surface area contributed by atoms with Gasteiger partial charge in [-0.25, -0.2) is 4.79 Å². The first-order valence-corrected chi connectivity index (χ1v) is 12.5.